The van der Waals surface area contributed by atoms with Crippen LogP contribution in [0.4, 0.5) is 0 Å². The Morgan fingerprint density at radius 1 is 1.19 bits per heavy atom. The van der Waals surface area contributed by atoms with Crippen LogP contribution in [0.15, 0.2) is 18.2 Å². The summed E-state index contributed by atoms with van der Waals surface area (Å²) in [5.74, 6) is 0.302. The van der Waals surface area contributed by atoms with Crippen LogP contribution in [0.2, 0.25) is 0 Å². The maximum Gasteiger partial charge on any atom is 0.262 e. The van der Waals surface area contributed by atoms with E-state index >= 15 is 0 Å². The standard InChI is InChI=1S/C17H22N2O2/c1-11-5-7-17(10-18,8-6-11)19-15(20)13-4-3-12(2)9-14(13)16(19)21/h3-4,9,11H,5-8,10,18H2,1-2H3. The summed E-state index contributed by atoms with van der Waals surface area (Å²) in [4.78, 5) is 26.9. The molecular weight excluding hydrogens is 264 g/mol. The van der Waals surface area contributed by atoms with Crippen molar-refractivity contribution in [3.63, 3.8) is 0 Å². The molecule has 0 unspecified atom stereocenters. The predicted octanol–water partition coefficient (Wildman–Crippen LogP) is 2.50. The summed E-state index contributed by atoms with van der Waals surface area (Å²) in [6, 6.07) is 5.46. The van der Waals surface area contributed by atoms with E-state index in [-0.39, 0.29) is 11.8 Å². The summed E-state index contributed by atoms with van der Waals surface area (Å²) in [6.45, 7) is 4.50. The maximum absolute atomic E-state index is 12.8. The van der Waals surface area contributed by atoms with E-state index in [0.29, 0.717) is 23.6 Å². The fourth-order valence-electron chi connectivity index (χ4n) is 3.60. The Morgan fingerprint density at radius 2 is 1.81 bits per heavy atom. The molecule has 1 aromatic rings. The molecule has 1 aromatic carbocycles. The van der Waals surface area contributed by atoms with Crippen molar-refractivity contribution in [1.29, 1.82) is 0 Å². The van der Waals surface area contributed by atoms with Crippen LogP contribution >= 0.6 is 0 Å². The lowest BCUT2D eigenvalue weighted by Gasteiger charge is -2.44. The number of fused-ring (bicyclic) bond motifs is 1. The van der Waals surface area contributed by atoms with Crippen molar-refractivity contribution >= 4 is 11.8 Å². The van der Waals surface area contributed by atoms with Crippen molar-refractivity contribution in [2.75, 3.05) is 6.54 Å². The number of nitrogens with two attached hydrogens (primary N) is 1. The SMILES string of the molecule is Cc1ccc2c(c1)C(=O)N(C1(CN)CCC(C)CC1)C2=O. The molecule has 1 saturated carbocycles. The van der Waals surface area contributed by atoms with E-state index in [1.165, 1.54) is 4.90 Å². The first-order valence-corrected chi connectivity index (χ1v) is 7.68. The van der Waals surface area contributed by atoms with Crippen LogP contribution in [0, 0.1) is 12.8 Å². The summed E-state index contributed by atoms with van der Waals surface area (Å²) in [5, 5.41) is 0. The van der Waals surface area contributed by atoms with Crippen molar-refractivity contribution in [2.24, 2.45) is 11.7 Å². The number of carbonyl (C=O) groups is 2. The van der Waals surface area contributed by atoms with Crippen LogP contribution in [0.3, 0.4) is 0 Å². The highest BCUT2D eigenvalue weighted by Gasteiger charge is 2.49. The van der Waals surface area contributed by atoms with Gasteiger partial charge in [-0.05, 0) is 50.7 Å². The number of benzene rings is 1. The molecule has 0 atom stereocenters. The Hall–Kier alpha value is -1.68. The first kappa shape index (κ1) is 14.3. The second-order valence-corrected chi connectivity index (χ2v) is 6.61. The van der Waals surface area contributed by atoms with Gasteiger partial charge in [0.05, 0.1) is 16.7 Å². The van der Waals surface area contributed by atoms with Gasteiger partial charge in [-0.3, -0.25) is 14.5 Å². The van der Waals surface area contributed by atoms with Gasteiger partial charge < -0.3 is 5.73 Å². The smallest absolute Gasteiger partial charge is 0.262 e. The van der Waals surface area contributed by atoms with Crippen molar-refractivity contribution in [1.82, 2.24) is 4.90 Å². The molecule has 2 amide bonds. The van der Waals surface area contributed by atoms with Gasteiger partial charge in [-0.15, -0.1) is 0 Å². The highest BCUT2D eigenvalue weighted by Crippen LogP contribution is 2.40. The van der Waals surface area contributed by atoms with E-state index in [0.717, 1.165) is 31.2 Å². The molecule has 4 nitrogen and oxygen atoms in total. The fraction of sp³-hybridized carbons (Fsp3) is 0.529. The molecule has 2 N–H and O–H groups in total. The molecular formula is C17H22N2O2. The summed E-state index contributed by atoms with van der Waals surface area (Å²) >= 11 is 0. The van der Waals surface area contributed by atoms with Gasteiger partial charge in [0.15, 0.2) is 0 Å². The lowest BCUT2D eigenvalue weighted by atomic mass is 9.76. The number of carbonyl (C=O) groups excluding carboxylic acids is 2. The van der Waals surface area contributed by atoms with Crippen LogP contribution in [0.5, 0.6) is 0 Å². The second kappa shape index (κ2) is 4.95. The van der Waals surface area contributed by atoms with Gasteiger partial charge in [-0.25, -0.2) is 0 Å². The molecule has 1 aliphatic heterocycles. The Balaban J connectivity index is 2.00. The van der Waals surface area contributed by atoms with Gasteiger partial charge >= 0.3 is 0 Å². The zero-order valence-corrected chi connectivity index (χ0v) is 12.7. The molecule has 1 fully saturated rings. The minimum absolute atomic E-state index is 0.168. The highest BCUT2D eigenvalue weighted by atomic mass is 16.2. The molecule has 3 rings (SSSR count). The molecule has 0 bridgehead atoms. The summed E-state index contributed by atoms with van der Waals surface area (Å²) < 4.78 is 0. The Morgan fingerprint density at radius 3 is 2.43 bits per heavy atom. The topological polar surface area (TPSA) is 63.4 Å². The van der Waals surface area contributed by atoms with Crippen molar-refractivity contribution in [2.45, 2.75) is 45.1 Å². The number of nitrogens with zero attached hydrogens (tertiary/aromatic N) is 1. The van der Waals surface area contributed by atoms with Gasteiger partial charge in [0, 0.05) is 6.54 Å². The van der Waals surface area contributed by atoms with Crippen molar-refractivity contribution < 1.29 is 9.59 Å². The van der Waals surface area contributed by atoms with Crippen molar-refractivity contribution in [3.05, 3.63) is 34.9 Å². The van der Waals surface area contributed by atoms with Crippen LogP contribution in [-0.2, 0) is 0 Å². The van der Waals surface area contributed by atoms with E-state index in [9.17, 15) is 9.59 Å². The molecule has 0 radical (unpaired) electrons. The minimum Gasteiger partial charge on any atom is -0.328 e. The van der Waals surface area contributed by atoms with E-state index in [2.05, 4.69) is 6.92 Å². The second-order valence-electron chi connectivity index (χ2n) is 6.61. The average Bonchev–Trinajstić information content (AvgIpc) is 2.73. The molecule has 1 aliphatic carbocycles. The largest absolute Gasteiger partial charge is 0.328 e. The third kappa shape index (κ3) is 2.09. The number of aryl methyl sites for hydroxylation is 1. The average molecular weight is 286 g/mol. The van der Waals surface area contributed by atoms with E-state index in [1.54, 1.807) is 6.07 Å². The first-order valence-electron chi connectivity index (χ1n) is 7.68. The lowest BCUT2D eigenvalue weighted by Crippen LogP contribution is -2.57. The third-order valence-electron chi connectivity index (χ3n) is 5.10. The van der Waals surface area contributed by atoms with E-state index in [1.807, 2.05) is 19.1 Å². The van der Waals surface area contributed by atoms with Crippen molar-refractivity contribution in [3.8, 4) is 0 Å². The first-order chi connectivity index (χ1) is 9.98. The molecule has 2 aliphatic rings. The summed E-state index contributed by atoms with van der Waals surface area (Å²) in [5.41, 5.74) is 7.57. The molecule has 21 heavy (non-hydrogen) atoms. The number of amides is 2. The Labute approximate surface area is 125 Å². The number of hydrogen-bond acceptors (Lipinski definition) is 3. The van der Waals surface area contributed by atoms with Gasteiger partial charge in [0.25, 0.3) is 11.8 Å². The predicted molar refractivity (Wildman–Crippen MR) is 81.1 cm³/mol. The monoisotopic (exact) mass is 286 g/mol. The molecule has 0 saturated heterocycles. The van der Waals surface area contributed by atoms with Gasteiger partial charge in [-0.2, -0.15) is 0 Å². The molecule has 4 heteroatoms. The molecule has 112 valence electrons. The number of rotatable bonds is 2. The van der Waals surface area contributed by atoms with E-state index < -0.39 is 5.54 Å². The number of imide groups is 1. The zero-order chi connectivity index (χ0) is 15.2. The summed E-state index contributed by atoms with van der Waals surface area (Å²) in [7, 11) is 0. The Bertz CT molecular complexity index is 601. The fourth-order valence-corrected chi connectivity index (χ4v) is 3.60. The highest BCUT2D eigenvalue weighted by molar-refractivity contribution is 6.22. The normalized spacial score (nSPS) is 28.9. The number of hydrogen-bond donors (Lipinski definition) is 1. The van der Waals surface area contributed by atoms with Gasteiger partial charge in [-0.1, -0.05) is 18.6 Å². The van der Waals surface area contributed by atoms with E-state index in [4.69, 9.17) is 5.73 Å². The third-order valence-corrected chi connectivity index (χ3v) is 5.10. The quantitative estimate of drug-likeness (QED) is 0.850. The summed E-state index contributed by atoms with van der Waals surface area (Å²) in [6.07, 6.45) is 3.66. The van der Waals surface area contributed by atoms with Crippen LogP contribution in [0.1, 0.15) is 58.9 Å². The zero-order valence-electron chi connectivity index (χ0n) is 12.7. The molecule has 1 heterocycles. The van der Waals surface area contributed by atoms with Crippen LogP contribution < -0.4 is 5.73 Å². The lowest BCUT2D eigenvalue weighted by molar-refractivity contribution is 0.0309. The minimum atomic E-state index is -0.492. The maximum atomic E-state index is 12.8. The molecule has 0 spiro atoms. The van der Waals surface area contributed by atoms with Gasteiger partial charge in [0.2, 0.25) is 0 Å². The Kier molecular flexibility index (Phi) is 3.36. The molecule has 0 aromatic heterocycles. The van der Waals surface area contributed by atoms with Gasteiger partial charge in [0.1, 0.15) is 0 Å². The van der Waals surface area contributed by atoms with Crippen LogP contribution in [0.25, 0.3) is 0 Å². The van der Waals surface area contributed by atoms with Crippen LogP contribution in [-0.4, -0.2) is 28.8 Å².